The molecule has 1 aliphatic carbocycles. The molecule has 0 radical (unpaired) electrons. The first-order valence-electron chi connectivity index (χ1n) is 8.12. The van der Waals surface area contributed by atoms with E-state index in [1.807, 2.05) is 24.3 Å². The molecule has 0 atom stereocenters. The SMILES string of the molecule is CCCC1CCC(=NNc2ccnc3cc(Cl)ccc23)CC1. The van der Waals surface area contributed by atoms with Gasteiger partial charge in [0, 0.05) is 22.3 Å². The summed E-state index contributed by atoms with van der Waals surface area (Å²) in [6.07, 6.45) is 9.23. The molecule has 1 heterocycles. The van der Waals surface area contributed by atoms with Gasteiger partial charge in [0.15, 0.2) is 0 Å². The molecule has 0 amide bonds. The van der Waals surface area contributed by atoms with Crippen LogP contribution in [0.5, 0.6) is 0 Å². The maximum Gasteiger partial charge on any atom is 0.0738 e. The highest BCUT2D eigenvalue weighted by Crippen LogP contribution is 2.27. The molecule has 3 nitrogen and oxygen atoms in total. The third-order valence-electron chi connectivity index (χ3n) is 4.42. The van der Waals surface area contributed by atoms with Crippen molar-refractivity contribution in [2.45, 2.75) is 45.4 Å². The van der Waals surface area contributed by atoms with Gasteiger partial charge in [0.05, 0.1) is 11.2 Å². The Labute approximate surface area is 136 Å². The molecular weight excluding hydrogens is 294 g/mol. The zero-order valence-corrected chi connectivity index (χ0v) is 13.7. The Morgan fingerprint density at radius 3 is 2.86 bits per heavy atom. The molecule has 1 aliphatic rings. The molecule has 0 aliphatic heterocycles. The highest BCUT2D eigenvalue weighted by molar-refractivity contribution is 6.31. The Morgan fingerprint density at radius 2 is 2.09 bits per heavy atom. The van der Waals surface area contributed by atoms with Gasteiger partial charge in [-0.3, -0.25) is 10.4 Å². The minimum absolute atomic E-state index is 0.706. The van der Waals surface area contributed by atoms with Gasteiger partial charge in [-0.15, -0.1) is 0 Å². The Bertz CT molecular complexity index is 671. The largest absolute Gasteiger partial charge is 0.278 e. The lowest BCUT2D eigenvalue weighted by Gasteiger charge is -2.22. The number of hydrazone groups is 1. The minimum Gasteiger partial charge on any atom is -0.278 e. The van der Waals surface area contributed by atoms with E-state index in [1.165, 1.54) is 31.4 Å². The molecule has 0 unspecified atom stereocenters. The summed E-state index contributed by atoms with van der Waals surface area (Å²) in [5.74, 6) is 0.896. The Hall–Kier alpha value is -1.61. The maximum absolute atomic E-state index is 6.02. The smallest absolute Gasteiger partial charge is 0.0738 e. The first-order chi connectivity index (χ1) is 10.8. The van der Waals surface area contributed by atoms with Crippen LogP contribution in [-0.2, 0) is 0 Å². The van der Waals surface area contributed by atoms with Gasteiger partial charge in [-0.1, -0.05) is 31.4 Å². The Balaban J connectivity index is 1.70. The maximum atomic E-state index is 6.02. The highest BCUT2D eigenvalue weighted by atomic mass is 35.5. The van der Waals surface area contributed by atoms with Crippen LogP contribution in [0, 0.1) is 5.92 Å². The number of fused-ring (bicyclic) bond motifs is 1. The van der Waals surface area contributed by atoms with Crippen LogP contribution in [0.4, 0.5) is 5.69 Å². The van der Waals surface area contributed by atoms with Crippen molar-refractivity contribution in [1.29, 1.82) is 0 Å². The quantitative estimate of drug-likeness (QED) is 0.740. The molecular formula is C18H22ClN3. The first-order valence-corrected chi connectivity index (χ1v) is 8.49. The molecule has 4 heteroatoms. The van der Waals surface area contributed by atoms with Crippen molar-refractivity contribution in [2.24, 2.45) is 11.0 Å². The van der Waals surface area contributed by atoms with E-state index in [1.54, 1.807) is 6.20 Å². The summed E-state index contributed by atoms with van der Waals surface area (Å²) in [5, 5.41) is 6.38. The molecule has 1 saturated carbocycles. The summed E-state index contributed by atoms with van der Waals surface area (Å²) in [7, 11) is 0. The van der Waals surface area contributed by atoms with E-state index in [0.29, 0.717) is 5.02 Å². The molecule has 0 saturated heterocycles. The van der Waals surface area contributed by atoms with Crippen LogP contribution in [0.25, 0.3) is 10.9 Å². The molecule has 3 rings (SSSR count). The molecule has 22 heavy (non-hydrogen) atoms. The lowest BCUT2D eigenvalue weighted by molar-refractivity contribution is 0.408. The first kappa shape index (κ1) is 15.3. The summed E-state index contributed by atoms with van der Waals surface area (Å²) in [4.78, 5) is 4.35. The molecule has 2 aromatic rings. The van der Waals surface area contributed by atoms with Gasteiger partial charge in [-0.25, -0.2) is 0 Å². The minimum atomic E-state index is 0.706. The van der Waals surface area contributed by atoms with Crippen molar-refractivity contribution in [2.75, 3.05) is 5.43 Å². The fraction of sp³-hybridized carbons (Fsp3) is 0.444. The number of nitrogens with zero attached hydrogens (tertiary/aromatic N) is 2. The second kappa shape index (κ2) is 7.10. The van der Waals surface area contributed by atoms with Crippen molar-refractivity contribution in [1.82, 2.24) is 4.98 Å². The van der Waals surface area contributed by atoms with Crippen LogP contribution in [0.2, 0.25) is 5.02 Å². The number of hydrogen-bond donors (Lipinski definition) is 1. The standard InChI is InChI=1S/C18H22ClN3/c1-2-3-13-4-7-15(8-5-13)21-22-17-10-11-20-18-12-14(19)6-9-16(17)18/h6,9-13H,2-5,7-8H2,1H3,(H,20,22). The predicted molar refractivity (Wildman–Crippen MR) is 94.7 cm³/mol. The van der Waals surface area contributed by atoms with Gasteiger partial charge in [0.25, 0.3) is 0 Å². The van der Waals surface area contributed by atoms with Gasteiger partial charge in [0.2, 0.25) is 0 Å². The number of aromatic nitrogens is 1. The summed E-state index contributed by atoms with van der Waals surface area (Å²) < 4.78 is 0. The third-order valence-corrected chi connectivity index (χ3v) is 4.65. The number of pyridine rings is 1. The zero-order valence-electron chi connectivity index (χ0n) is 13.0. The van der Waals surface area contributed by atoms with Crippen LogP contribution in [0.3, 0.4) is 0 Å². The van der Waals surface area contributed by atoms with Crippen molar-refractivity contribution < 1.29 is 0 Å². The topological polar surface area (TPSA) is 37.3 Å². The highest BCUT2D eigenvalue weighted by Gasteiger charge is 2.16. The molecule has 0 spiro atoms. The molecule has 1 fully saturated rings. The van der Waals surface area contributed by atoms with Crippen LogP contribution in [0.1, 0.15) is 45.4 Å². The van der Waals surface area contributed by atoms with Crippen molar-refractivity contribution in [3.05, 3.63) is 35.5 Å². The summed E-state index contributed by atoms with van der Waals surface area (Å²) in [6.45, 7) is 2.27. The van der Waals surface area contributed by atoms with Crippen molar-refractivity contribution >= 4 is 33.9 Å². The fourth-order valence-corrected chi connectivity index (χ4v) is 3.34. The van der Waals surface area contributed by atoms with E-state index in [0.717, 1.165) is 35.3 Å². The van der Waals surface area contributed by atoms with Crippen LogP contribution >= 0.6 is 11.6 Å². The van der Waals surface area contributed by atoms with Gasteiger partial charge in [0.1, 0.15) is 0 Å². The number of anilines is 1. The average Bonchev–Trinajstić information content (AvgIpc) is 2.54. The normalized spacial score (nSPS) is 18.5. The third kappa shape index (κ3) is 3.58. The Kier molecular flexibility index (Phi) is 4.94. The van der Waals surface area contributed by atoms with Gasteiger partial charge >= 0.3 is 0 Å². The lowest BCUT2D eigenvalue weighted by atomic mass is 9.85. The van der Waals surface area contributed by atoms with E-state index in [-0.39, 0.29) is 0 Å². The zero-order chi connectivity index (χ0) is 15.4. The van der Waals surface area contributed by atoms with E-state index in [4.69, 9.17) is 11.6 Å². The average molecular weight is 316 g/mol. The second-order valence-corrected chi connectivity index (χ2v) is 6.48. The van der Waals surface area contributed by atoms with E-state index < -0.39 is 0 Å². The van der Waals surface area contributed by atoms with Crippen molar-refractivity contribution in [3.63, 3.8) is 0 Å². The molecule has 1 aromatic heterocycles. The second-order valence-electron chi connectivity index (χ2n) is 6.04. The number of halogens is 1. The summed E-state index contributed by atoms with van der Waals surface area (Å²) in [6, 6.07) is 7.72. The van der Waals surface area contributed by atoms with E-state index >= 15 is 0 Å². The number of benzene rings is 1. The summed E-state index contributed by atoms with van der Waals surface area (Å²) in [5.41, 5.74) is 6.40. The molecule has 116 valence electrons. The number of hydrogen-bond acceptors (Lipinski definition) is 3. The molecule has 0 bridgehead atoms. The molecule has 1 N–H and O–H groups in total. The van der Waals surface area contributed by atoms with Gasteiger partial charge < -0.3 is 0 Å². The van der Waals surface area contributed by atoms with E-state index in [9.17, 15) is 0 Å². The Morgan fingerprint density at radius 1 is 1.27 bits per heavy atom. The van der Waals surface area contributed by atoms with Crippen LogP contribution < -0.4 is 5.43 Å². The van der Waals surface area contributed by atoms with Crippen LogP contribution in [-0.4, -0.2) is 10.7 Å². The van der Waals surface area contributed by atoms with Gasteiger partial charge in [-0.05, 0) is 55.9 Å². The van der Waals surface area contributed by atoms with Crippen molar-refractivity contribution in [3.8, 4) is 0 Å². The van der Waals surface area contributed by atoms with E-state index in [2.05, 4.69) is 22.4 Å². The predicted octanol–water partition coefficient (Wildman–Crippen LogP) is 5.65. The van der Waals surface area contributed by atoms with Gasteiger partial charge in [-0.2, -0.15) is 5.10 Å². The number of rotatable bonds is 4. The lowest BCUT2D eigenvalue weighted by Crippen LogP contribution is -2.15. The number of nitrogens with one attached hydrogen (secondary N) is 1. The monoisotopic (exact) mass is 315 g/mol. The van der Waals surface area contributed by atoms with Crippen LogP contribution in [0.15, 0.2) is 35.6 Å². The molecule has 1 aromatic carbocycles. The summed E-state index contributed by atoms with van der Waals surface area (Å²) >= 11 is 6.02. The fourth-order valence-electron chi connectivity index (χ4n) is 3.18.